The predicted octanol–water partition coefficient (Wildman–Crippen LogP) is 1.24. The summed E-state index contributed by atoms with van der Waals surface area (Å²) in [5, 5.41) is 8.61. The van der Waals surface area contributed by atoms with E-state index in [1.807, 2.05) is 0 Å². The molecule has 3 heteroatoms. The van der Waals surface area contributed by atoms with Crippen molar-refractivity contribution in [2.24, 2.45) is 5.92 Å². The van der Waals surface area contributed by atoms with E-state index in [2.05, 4.69) is 12.2 Å². The third-order valence-electron chi connectivity index (χ3n) is 1.60. The Balaban J connectivity index is 2.60. The van der Waals surface area contributed by atoms with Gasteiger partial charge in [-0.15, -0.1) is 0 Å². The first kappa shape index (κ1) is 6.68. The first-order valence-corrected chi connectivity index (χ1v) is 3.38. The van der Waals surface area contributed by atoms with Gasteiger partial charge >= 0.3 is 0 Å². The second-order valence-corrected chi connectivity index (χ2v) is 2.67. The van der Waals surface area contributed by atoms with Crippen LogP contribution in [-0.4, -0.2) is 15.9 Å². The molecule has 0 aromatic heterocycles. The molecule has 0 spiro atoms. The molecule has 2 nitrogen and oxygen atoms in total. The number of hydrogen-bond donors (Lipinski definition) is 1. The second kappa shape index (κ2) is 2.43. The van der Waals surface area contributed by atoms with E-state index in [0.29, 0.717) is 6.42 Å². The van der Waals surface area contributed by atoms with E-state index in [9.17, 15) is 4.79 Å². The van der Waals surface area contributed by atoms with Gasteiger partial charge in [0, 0.05) is 6.42 Å². The Morgan fingerprint density at radius 1 is 1.78 bits per heavy atom. The molecule has 0 bridgehead atoms. The van der Waals surface area contributed by atoms with Gasteiger partial charge in [-0.1, -0.05) is 0 Å². The van der Waals surface area contributed by atoms with Crippen LogP contribution < -0.4 is 0 Å². The van der Waals surface area contributed by atoms with Crippen molar-refractivity contribution in [1.82, 2.24) is 0 Å². The smallest absolute Gasteiger partial charge is 0.167 e. The molecule has 0 saturated heterocycles. The normalized spacial score (nSPS) is 26.7. The van der Waals surface area contributed by atoms with E-state index >= 15 is 0 Å². The zero-order valence-electron chi connectivity index (χ0n) is 4.96. The quantitative estimate of drug-likeness (QED) is 0.562. The third kappa shape index (κ3) is 1.27. The largest absolute Gasteiger partial charge is 0.501 e. The summed E-state index contributed by atoms with van der Waals surface area (Å²) in [6, 6.07) is 0. The van der Waals surface area contributed by atoms with Gasteiger partial charge < -0.3 is 5.11 Å². The summed E-state index contributed by atoms with van der Waals surface area (Å²) in [6.45, 7) is 0. The van der Waals surface area contributed by atoms with Crippen LogP contribution in [0.4, 0.5) is 0 Å². The molecule has 0 aromatic rings. The van der Waals surface area contributed by atoms with Crippen LogP contribution in [0.15, 0.2) is 0 Å². The summed E-state index contributed by atoms with van der Waals surface area (Å²) in [6.07, 6.45) is 2.21. The minimum atomic E-state index is -0.319. The number of Topliss-reactive ketones (excluding diaryl/α,β-unsaturated/α-hetero) is 1. The molecule has 1 aliphatic rings. The number of aliphatic hydroxyl groups is 1. The lowest BCUT2D eigenvalue weighted by Gasteiger charge is -2.00. The minimum absolute atomic E-state index is 0.0995. The summed E-state index contributed by atoms with van der Waals surface area (Å²) < 4.78 is 0. The maximum atomic E-state index is 10.8. The molecular weight excluding hydrogens is 136 g/mol. The van der Waals surface area contributed by atoms with Gasteiger partial charge in [0.15, 0.2) is 5.05 Å². The molecule has 1 aliphatic carbocycles. The van der Waals surface area contributed by atoms with Crippen LogP contribution in [0.3, 0.4) is 0 Å². The van der Waals surface area contributed by atoms with Gasteiger partial charge in [0.05, 0.1) is 5.92 Å². The fourth-order valence-electron chi connectivity index (χ4n) is 1.08. The monoisotopic (exact) mass is 144 g/mol. The molecule has 1 rings (SSSR count). The Hall–Kier alpha value is -0.440. The van der Waals surface area contributed by atoms with E-state index < -0.39 is 0 Å². The Labute approximate surface area is 58.9 Å². The lowest BCUT2D eigenvalue weighted by Crippen LogP contribution is -2.15. The number of carbonyl (C=O) groups excluding carboxylic acids is 1. The molecule has 0 heterocycles. The molecule has 9 heavy (non-hydrogen) atoms. The Bertz CT molecular complexity index is 153. The van der Waals surface area contributed by atoms with Gasteiger partial charge in [-0.2, -0.15) is 0 Å². The second-order valence-electron chi connectivity index (χ2n) is 2.25. The van der Waals surface area contributed by atoms with Gasteiger partial charge in [0.25, 0.3) is 0 Å². The zero-order chi connectivity index (χ0) is 6.85. The van der Waals surface area contributed by atoms with E-state index in [4.69, 9.17) is 5.11 Å². The lowest BCUT2D eigenvalue weighted by atomic mass is 10.1. The standard InChI is InChI=1S/C6H8O2S/c7-5-3-1-2-4(5)6(8)9/h4H,1-3H2,(H,8,9). The van der Waals surface area contributed by atoms with Crippen molar-refractivity contribution in [1.29, 1.82) is 0 Å². The SMILES string of the molecule is O=C1CCCC1C(O)=S. The molecule has 1 saturated carbocycles. The van der Waals surface area contributed by atoms with Crippen LogP contribution in [0.5, 0.6) is 0 Å². The molecule has 1 unspecified atom stereocenters. The lowest BCUT2D eigenvalue weighted by molar-refractivity contribution is -0.119. The average molecular weight is 144 g/mol. The molecule has 1 fully saturated rings. The fraction of sp³-hybridized carbons (Fsp3) is 0.667. The maximum Gasteiger partial charge on any atom is 0.167 e. The first-order chi connectivity index (χ1) is 4.22. The van der Waals surface area contributed by atoms with Crippen LogP contribution in [0.1, 0.15) is 19.3 Å². The molecular formula is C6H8O2S. The number of thiocarbonyl (C=S) groups is 1. The molecule has 0 amide bonds. The Morgan fingerprint density at radius 3 is 2.67 bits per heavy atom. The Kier molecular flexibility index (Phi) is 1.81. The van der Waals surface area contributed by atoms with Crippen LogP contribution in [0.2, 0.25) is 0 Å². The average Bonchev–Trinajstić information content (AvgIpc) is 2.13. The van der Waals surface area contributed by atoms with Crippen LogP contribution in [0, 0.1) is 5.92 Å². The highest BCUT2D eigenvalue weighted by molar-refractivity contribution is 7.80. The summed E-state index contributed by atoms with van der Waals surface area (Å²) >= 11 is 4.47. The van der Waals surface area contributed by atoms with E-state index in [1.165, 1.54) is 0 Å². The van der Waals surface area contributed by atoms with E-state index in [0.717, 1.165) is 12.8 Å². The van der Waals surface area contributed by atoms with Gasteiger partial charge in [-0.05, 0) is 25.1 Å². The summed E-state index contributed by atoms with van der Waals surface area (Å²) in [7, 11) is 0. The third-order valence-corrected chi connectivity index (χ3v) is 1.89. The van der Waals surface area contributed by atoms with Crippen molar-refractivity contribution < 1.29 is 9.90 Å². The van der Waals surface area contributed by atoms with E-state index in [-0.39, 0.29) is 16.8 Å². The fourth-order valence-corrected chi connectivity index (χ4v) is 1.33. The highest BCUT2D eigenvalue weighted by Gasteiger charge is 2.27. The van der Waals surface area contributed by atoms with Gasteiger partial charge in [0.2, 0.25) is 0 Å². The van der Waals surface area contributed by atoms with Crippen molar-refractivity contribution >= 4 is 23.1 Å². The Morgan fingerprint density at radius 2 is 2.44 bits per heavy atom. The summed E-state index contributed by atoms with van der Waals surface area (Å²) in [5.74, 6) is -0.220. The minimum Gasteiger partial charge on any atom is -0.501 e. The predicted molar refractivity (Wildman–Crippen MR) is 37.6 cm³/mol. The van der Waals surface area contributed by atoms with Crippen LogP contribution >= 0.6 is 12.2 Å². The maximum absolute atomic E-state index is 10.8. The van der Waals surface area contributed by atoms with Crippen LogP contribution in [0.25, 0.3) is 0 Å². The first-order valence-electron chi connectivity index (χ1n) is 2.97. The van der Waals surface area contributed by atoms with Crippen molar-refractivity contribution in [3.05, 3.63) is 0 Å². The number of rotatable bonds is 1. The zero-order valence-corrected chi connectivity index (χ0v) is 5.78. The van der Waals surface area contributed by atoms with Gasteiger partial charge in [-0.3, -0.25) is 4.79 Å². The molecule has 0 aliphatic heterocycles. The van der Waals surface area contributed by atoms with Crippen molar-refractivity contribution in [2.75, 3.05) is 0 Å². The number of hydrogen-bond acceptors (Lipinski definition) is 2. The highest BCUT2D eigenvalue weighted by atomic mass is 32.1. The summed E-state index contributed by atoms with van der Waals surface area (Å²) in [5.41, 5.74) is 0. The molecule has 1 atom stereocenters. The molecule has 0 aromatic carbocycles. The molecule has 1 N–H and O–H groups in total. The van der Waals surface area contributed by atoms with Gasteiger partial charge in [0.1, 0.15) is 5.78 Å². The number of carbonyl (C=O) groups is 1. The van der Waals surface area contributed by atoms with E-state index in [1.54, 1.807) is 0 Å². The number of ketones is 1. The van der Waals surface area contributed by atoms with Crippen molar-refractivity contribution in [3.8, 4) is 0 Å². The van der Waals surface area contributed by atoms with Gasteiger partial charge in [-0.25, -0.2) is 0 Å². The van der Waals surface area contributed by atoms with Crippen molar-refractivity contribution in [2.45, 2.75) is 19.3 Å². The highest BCUT2D eigenvalue weighted by Crippen LogP contribution is 2.21. The topological polar surface area (TPSA) is 37.3 Å². The molecule has 0 radical (unpaired) electrons. The van der Waals surface area contributed by atoms with Crippen LogP contribution in [-0.2, 0) is 4.79 Å². The van der Waals surface area contributed by atoms with Crippen molar-refractivity contribution in [3.63, 3.8) is 0 Å². The number of aliphatic hydroxyl groups excluding tert-OH is 1. The summed E-state index contributed by atoms with van der Waals surface area (Å²) in [4.78, 5) is 10.8. The molecule has 50 valence electrons.